The molecule has 0 aliphatic carbocycles. The fourth-order valence-electron chi connectivity index (χ4n) is 2.32. The van der Waals surface area contributed by atoms with Crippen molar-refractivity contribution in [2.75, 3.05) is 5.43 Å². The van der Waals surface area contributed by atoms with Crippen molar-refractivity contribution in [3.63, 3.8) is 0 Å². The Morgan fingerprint density at radius 3 is 2.37 bits per heavy atom. The minimum absolute atomic E-state index is 0.00969. The average Bonchev–Trinajstić information content (AvgIpc) is 2.33. The molecule has 0 aliphatic heterocycles. The van der Waals surface area contributed by atoms with E-state index < -0.39 is 17.5 Å². The van der Waals surface area contributed by atoms with E-state index in [9.17, 15) is 13.2 Å². The standard InChI is InChI=1S/C13H14F3N3/c1-5(2)9-6(3)18-8-4-7(14)11(15)12(16)10(8)13(9)19-17/h4-5H,17H2,1-3H3,(H,18,19). The van der Waals surface area contributed by atoms with Gasteiger partial charge in [-0.05, 0) is 12.8 Å². The minimum Gasteiger partial charge on any atom is -0.323 e. The first-order chi connectivity index (χ1) is 8.88. The van der Waals surface area contributed by atoms with Crippen molar-refractivity contribution in [2.45, 2.75) is 26.7 Å². The van der Waals surface area contributed by atoms with Gasteiger partial charge >= 0.3 is 0 Å². The first-order valence-electron chi connectivity index (χ1n) is 5.82. The summed E-state index contributed by atoms with van der Waals surface area (Å²) in [4.78, 5) is 4.13. The van der Waals surface area contributed by atoms with Gasteiger partial charge in [-0.15, -0.1) is 0 Å². The summed E-state index contributed by atoms with van der Waals surface area (Å²) < 4.78 is 40.5. The topological polar surface area (TPSA) is 50.9 Å². The largest absolute Gasteiger partial charge is 0.323 e. The third kappa shape index (κ3) is 2.02. The van der Waals surface area contributed by atoms with Gasteiger partial charge in [0.15, 0.2) is 17.5 Å². The second-order valence-corrected chi connectivity index (χ2v) is 4.67. The molecule has 2 aromatic rings. The Kier molecular flexibility index (Phi) is 3.36. The molecule has 0 unspecified atom stereocenters. The van der Waals surface area contributed by atoms with Gasteiger partial charge in [0.2, 0.25) is 0 Å². The molecule has 0 bridgehead atoms. The van der Waals surface area contributed by atoms with E-state index in [0.29, 0.717) is 11.3 Å². The van der Waals surface area contributed by atoms with Crippen LogP contribution in [0.1, 0.15) is 31.0 Å². The molecule has 1 aromatic carbocycles. The number of aromatic nitrogens is 1. The van der Waals surface area contributed by atoms with Crippen molar-refractivity contribution in [1.82, 2.24) is 4.98 Å². The quantitative estimate of drug-likeness (QED) is 0.499. The molecule has 102 valence electrons. The van der Waals surface area contributed by atoms with Gasteiger partial charge in [-0.2, -0.15) is 0 Å². The third-order valence-electron chi connectivity index (χ3n) is 3.06. The van der Waals surface area contributed by atoms with Crippen LogP contribution in [0.3, 0.4) is 0 Å². The van der Waals surface area contributed by atoms with Crippen LogP contribution in [0.4, 0.5) is 18.9 Å². The monoisotopic (exact) mass is 269 g/mol. The van der Waals surface area contributed by atoms with Crippen LogP contribution < -0.4 is 11.3 Å². The first-order valence-corrected chi connectivity index (χ1v) is 5.82. The number of hydrogen-bond donors (Lipinski definition) is 2. The van der Waals surface area contributed by atoms with E-state index in [-0.39, 0.29) is 22.5 Å². The maximum absolute atomic E-state index is 13.9. The second kappa shape index (κ2) is 4.70. The van der Waals surface area contributed by atoms with Crippen LogP contribution in [0.2, 0.25) is 0 Å². The SMILES string of the molecule is Cc1nc2cc(F)c(F)c(F)c2c(NN)c1C(C)C. The number of rotatable bonds is 2. The van der Waals surface area contributed by atoms with Gasteiger partial charge in [0.05, 0.1) is 16.6 Å². The van der Waals surface area contributed by atoms with Gasteiger partial charge in [-0.1, -0.05) is 13.8 Å². The van der Waals surface area contributed by atoms with E-state index in [1.54, 1.807) is 6.92 Å². The number of nitrogen functional groups attached to an aromatic ring is 1. The highest BCUT2D eigenvalue weighted by Crippen LogP contribution is 2.35. The molecular weight excluding hydrogens is 255 g/mol. The number of pyridine rings is 1. The highest BCUT2D eigenvalue weighted by molar-refractivity contribution is 5.94. The molecule has 1 heterocycles. The van der Waals surface area contributed by atoms with Crippen molar-refractivity contribution in [1.29, 1.82) is 0 Å². The number of anilines is 1. The zero-order valence-corrected chi connectivity index (χ0v) is 10.8. The maximum Gasteiger partial charge on any atom is 0.195 e. The number of nitrogens with zero attached hydrogens (tertiary/aromatic N) is 1. The van der Waals surface area contributed by atoms with Gasteiger partial charge in [-0.25, -0.2) is 13.2 Å². The molecule has 0 radical (unpaired) electrons. The fourth-order valence-corrected chi connectivity index (χ4v) is 2.32. The number of hydrogen-bond acceptors (Lipinski definition) is 3. The molecule has 0 saturated heterocycles. The molecule has 0 saturated carbocycles. The van der Waals surface area contributed by atoms with E-state index in [4.69, 9.17) is 5.84 Å². The summed E-state index contributed by atoms with van der Waals surface area (Å²) >= 11 is 0. The third-order valence-corrected chi connectivity index (χ3v) is 3.06. The molecule has 0 amide bonds. The molecule has 0 spiro atoms. The van der Waals surface area contributed by atoms with Crippen molar-refractivity contribution in [2.24, 2.45) is 5.84 Å². The maximum atomic E-state index is 13.9. The Balaban J connectivity index is 3.00. The molecule has 19 heavy (non-hydrogen) atoms. The lowest BCUT2D eigenvalue weighted by molar-refractivity contribution is 0.453. The molecule has 2 rings (SSSR count). The van der Waals surface area contributed by atoms with Gasteiger partial charge < -0.3 is 5.43 Å². The highest BCUT2D eigenvalue weighted by Gasteiger charge is 2.22. The number of hydrazine groups is 1. The summed E-state index contributed by atoms with van der Waals surface area (Å²) in [5.41, 5.74) is 3.94. The predicted molar refractivity (Wildman–Crippen MR) is 68.3 cm³/mol. The van der Waals surface area contributed by atoms with Crippen LogP contribution in [-0.4, -0.2) is 4.98 Å². The van der Waals surface area contributed by atoms with Crippen molar-refractivity contribution in [3.05, 3.63) is 34.8 Å². The fraction of sp³-hybridized carbons (Fsp3) is 0.308. The van der Waals surface area contributed by atoms with E-state index >= 15 is 0 Å². The van der Waals surface area contributed by atoms with Crippen molar-refractivity contribution >= 4 is 16.6 Å². The number of nitrogens with two attached hydrogens (primary N) is 1. The smallest absolute Gasteiger partial charge is 0.195 e. The van der Waals surface area contributed by atoms with Crippen molar-refractivity contribution < 1.29 is 13.2 Å². The Morgan fingerprint density at radius 1 is 1.21 bits per heavy atom. The summed E-state index contributed by atoms with van der Waals surface area (Å²) in [6, 6.07) is 0.867. The predicted octanol–water partition coefficient (Wildman–Crippen LogP) is 3.37. The Bertz CT molecular complexity index is 654. The van der Waals surface area contributed by atoms with Gasteiger partial charge in [-0.3, -0.25) is 10.8 Å². The Labute approximate surface area is 108 Å². The molecule has 0 fully saturated rings. The number of halogens is 3. The van der Waals surface area contributed by atoms with Crippen LogP contribution in [-0.2, 0) is 0 Å². The number of benzene rings is 1. The molecule has 3 N–H and O–H groups in total. The van der Waals surface area contributed by atoms with E-state index in [2.05, 4.69) is 10.4 Å². The molecule has 0 aliphatic rings. The molecule has 1 aromatic heterocycles. The first kappa shape index (κ1) is 13.6. The Morgan fingerprint density at radius 2 is 1.84 bits per heavy atom. The van der Waals surface area contributed by atoms with E-state index in [1.165, 1.54) is 0 Å². The summed E-state index contributed by atoms with van der Waals surface area (Å²) in [5, 5.41) is -0.129. The van der Waals surface area contributed by atoms with Crippen LogP contribution in [0, 0.1) is 24.4 Å². The normalized spacial score (nSPS) is 11.4. The highest BCUT2D eigenvalue weighted by atomic mass is 19.2. The Hall–Kier alpha value is -1.82. The van der Waals surface area contributed by atoms with Crippen LogP contribution in [0.15, 0.2) is 6.07 Å². The lowest BCUT2D eigenvalue weighted by Gasteiger charge is -2.18. The summed E-state index contributed by atoms with van der Waals surface area (Å²) in [7, 11) is 0. The number of fused-ring (bicyclic) bond motifs is 1. The van der Waals surface area contributed by atoms with E-state index in [1.807, 2.05) is 13.8 Å². The zero-order valence-electron chi connectivity index (χ0n) is 10.8. The van der Waals surface area contributed by atoms with Gasteiger partial charge in [0.1, 0.15) is 0 Å². The van der Waals surface area contributed by atoms with Crippen LogP contribution in [0.25, 0.3) is 10.9 Å². The van der Waals surface area contributed by atoms with Crippen LogP contribution in [0.5, 0.6) is 0 Å². The average molecular weight is 269 g/mol. The zero-order chi connectivity index (χ0) is 14.3. The lowest BCUT2D eigenvalue weighted by atomic mass is 9.96. The van der Waals surface area contributed by atoms with E-state index in [0.717, 1.165) is 6.07 Å². The molecule has 6 heteroatoms. The summed E-state index contributed by atoms with van der Waals surface area (Å²) in [6.45, 7) is 5.48. The van der Waals surface area contributed by atoms with Crippen molar-refractivity contribution in [3.8, 4) is 0 Å². The molecule has 0 atom stereocenters. The summed E-state index contributed by atoms with van der Waals surface area (Å²) in [5.74, 6) is 1.36. The molecular formula is C13H14F3N3. The summed E-state index contributed by atoms with van der Waals surface area (Å²) in [6.07, 6.45) is 0. The second-order valence-electron chi connectivity index (χ2n) is 4.67. The number of aryl methyl sites for hydroxylation is 1. The van der Waals surface area contributed by atoms with Gasteiger partial charge in [0, 0.05) is 17.3 Å². The lowest BCUT2D eigenvalue weighted by Crippen LogP contribution is -2.14. The van der Waals surface area contributed by atoms with Crippen LogP contribution >= 0.6 is 0 Å². The minimum atomic E-state index is -1.52. The molecule has 3 nitrogen and oxygen atoms in total. The van der Waals surface area contributed by atoms with Gasteiger partial charge in [0.25, 0.3) is 0 Å². The number of nitrogens with one attached hydrogen (secondary N) is 1.